The van der Waals surface area contributed by atoms with Gasteiger partial charge in [0.1, 0.15) is 17.7 Å². The highest BCUT2D eigenvalue weighted by Crippen LogP contribution is 2.30. The number of alkyl carbamates (subject to hydrolysis) is 1. The van der Waals surface area contributed by atoms with Crippen LogP contribution in [0.5, 0.6) is 0 Å². The number of hydrogen-bond donors (Lipinski definition) is 4. The Bertz CT molecular complexity index is 962. The van der Waals surface area contributed by atoms with Gasteiger partial charge in [0, 0.05) is 18.9 Å². The van der Waals surface area contributed by atoms with Gasteiger partial charge in [0.2, 0.25) is 11.8 Å². The number of carboxylic acid groups (broad SMARTS) is 1. The van der Waals surface area contributed by atoms with Crippen LogP contribution in [0.3, 0.4) is 0 Å². The number of hydrogen-bond acceptors (Lipinski definition) is 5. The molecule has 3 rings (SSSR count). The van der Waals surface area contributed by atoms with Crippen LogP contribution in [-0.4, -0.2) is 53.2 Å². The fourth-order valence-electron chi connectivity index (χ4n) is 5.56. The molecule has 1 aromatic rings. The van der Waals surface area contributed by atoms with E-state index in [9.17, 15) is 24.3 Å². The van der Waals surface area contributed by atoms with Gasteiger partial charge in [0.15, 0.2) is 0 Å². The molecule has 9 nitrogen and oxygen atoms in total. The van der Waals surface area contributed by atoms with E-state index in [4.69, 9.17) is 4.74 Å². The van der Waals surface area contributed by atoms with Gasteiger partial charge >= 0.3 is 12.1 Å². The summed E-state index contributed by atoms with van der Waals surface area (Å²) >= 11 is 0. The molecular formula is C29H43N3O6. The van der Waals surface area contributed by atoms with Crippen molar-refractivity contribution in [3.63, 3.8) is 0 Å². The second-order valence-electron chi connectivity index (χ2n) is 11.5. The van der Waals surface area contributed by atoms with Gasteiger partial charge in [-0.1, -0.05) is 63.4 Å². The van der Waals surface area contributed by atoms with Crippen molar-refractivity contribution >= 4 is 23.9 Å². The van der Waals surface area contributed by atoms with Gasteiger partial charge in [0.05, 0.1) is 0 Å². The van der Waals surface area contributed by atoms with Crippen LogP contribution >= 0.6 is 0 Å². The monoisotopic (exact) mass is 529 g/mol. The minimum atomic E-state index is -1.65. The Hall–Kier alpha value is -3.10. The van der Waals surface area contributed by atoms with E-state index < -0.39 is 35.5 Å². The van der Waals surface area contributed by atoms with Crippen LogP contribution in [0, 0.1) is 17.8 Å². The molecule has 1 aliphatic carbocycles. The van der Waals surface area contributed by atoms with Crippen molar-refractivity contribution in [3.05, 3.63) is 35.9 Å². The molecule has 1 saturated heterocycles. The molecule has 4 atom stereocenters. The molecule has 1 saturated carbocycles. The minimum Gasteiger partial charge on any atom is -0.480 e. The number of rotatable bonds is 12. The lowest BCUT2D eigenvalue weighted by molar-refractivity contribution is -0.148. The number of carbonyl (C=O) groups excluding carboxylic acids is 3. The first-order valence-corrected chi connectivity index (χ1v) is 13.9. The molecule has 0 spiro atoms. The zero-order valence-electron chi connectivity index (χ0n) is 22.8. The van der Waals surface area contributed by atoms with Gasteiger partial charge in [-0.25, -0.2) is 9.59 Å². The largest absolute Gasteiger partial charge is 0.480 e. The molecule has 1 heterocycles. The van der Waals surface area contributed by atoms with Crippen LogP contribution < -0.4 is 16.0 Å². The summed E-state index contributed by atoms with van der Waals surface area (Å²) in [6.07, 6.45) is 5.78. The van der Waals surface area contributed by atoms with Crippen molar-refractivity contribution in [1.82, 2.24) is 16.0 Å². The van der Waals surface area contributed by atoms with Crippen LogP contribution in [0.25, 0.3) is 0 Å². The van der Waals surface area contributed by atoms with Gasteiger partial charge < -0.3 is 25.8 Å². The van der Waals surface area contributed by atoms with E-state index in [2.05, 4.69) is 16.0 Å². The third-order valence-electron chi connectivity index (χ3n) is 7.72. The van der Waals surface area contributed by atoms with Crippen LogP contribution in [0.2, 0.25) is 0 Å². The van der Waals surface area contributed by atoms with Crippen molar-refractivity contribution in [2.45, 2.75) is 96.2 Å². The predicted molar refractivity (Wildman–Crippen MR) is 143 cm³/mol. The van der Waals surface area contributed by atoms with Crippen LogP contribution in [0.4, 0.5) is 4.79 Å². The maximum Gasteiger partial charge on any atom is 0.408 e. The van der Waals surface area contributed by atoms with Crippen LogP contribution in [-0.2, 0) is 25.5 Å². The first-order valence-electron chi connectivity index (χ1n) is 13.9. The Kier molecular flexibility index (Phi) is 10.6. The van der Waals surface area contributed by atoms with Crippen molar-refractivity contribution < 1.29 is 29.0 Å². The zero-order chi connectivity index (χ0) is 27.7. The van der Waals surface area contributed by atoms with E-state index in [0.29, 0.717) is 25.8 Å². The third kappa shape index (κ3) is 8.46. The van der Waals surface area contributed by atoms with Crippen LogP contribution in [0.15, 0.2) is 30.3 Å². The summed E-state index contributed by atoms with van der Waals surface area (Å²) in [7, 11) is 0. The normalized spacial score (nSPS) is 21.2. The second-order valence-corrected chi connectivity index (χ2v) is 11.5. The number of carboxylic acids is 1. The number of carbonyl (C=O) groups is 4. The standard InChI is InChI=1S/C29H43N3O6/c1-19(2)16-23(26(34)32-29(3,27(35)36)18-22-14-15-30-25(22)33)31-28(37)38-24(21-12-8-5-9-13-21)17-20-10-6-4-7-11-20/h4,6-7,10-11,19,21-24H,5,8-9,12-18H2,1-3H3,(H,30,33)(H,31,37)(H,32,34)(H,35,36)/t22?,23-,24?,29?/m0/s1. The fourth-order valence-corrected chi connectivity index (χ4v) is 5.56. The summed E-state index contributed by atoms with van der Waals surface area (Å²) in [5.41, 5.74) is -0.567. The smallest absolute Gasteiger partial charge is 0.408 e. The van der Waals surface area contributed by atoms with E-state index in [-0.39, 0.29) is 30.3 Å². The molecule has 3 amide bonds. The van der Waals surface area contributed by atoms with E-state index in [0.717, 1.165) is 31.2 Å². The van der Waals surface area contributed by atoms with Gasteiger partial charge in [-0.3, -0.25) is 9.59 Å². The highest BCUT2D eigenvalue weighted by Gasteiger charge is 2.42. The van der Waals surface area contributed by atoms with Crippen molar-refractivity contribution in [2.24, 2.45) is 17.8 Å². The molecule has 210 valence electrons. The van der Waals surface area contributed by atoms with Crippen molar-refractivity contribution in [1.29, 1.82) is 0 Å². The van der Waals surface area contributed by atoms with E-state index in [1.165, 1.54) is 13.3 Å². The van der Waals surface area contributed by atoms with E-state index >= 15 is 0 Å². The number of benzene rings is 1. The topological polar surface area (TPSA) is 134 Å². The average molecular weight is 530 g/mol. The minimum absolute atomic E-state index is 0.0282. The molecule has 2 fully saturated rings. The maximum atomic E-state index is 13.3. The maximum absolute atomic E-state index is 13.3. The Morgan fingerprint density at radius 2 is 1.79 bits per heavy atom. The van der Waals surface area contributed by atoms with E-state index in [1.807, 2.05) is 44.2 Å². The Labute approximate surface area is 225 Å². The number of ether oxygens (including phenoxy) is 1. The summed E-state index contributed by atoms with van der Waals surface area (Å²) in [5, 5.41) is 18.0. The summed E-state index contributed by atoms with van der Waals surface area (Å²) in [4.78, 5) is 50.7. The van der Waals surface area contributed by atoms with Gasteiger partial charge in [-0.05, 0) is 56.4 Å². The molecule has 9 heteroatoms. The highest BCUT2D eigenvalue weighted by molar-refractivity contribution is 5.92. The molecule has 1 aromatic carbocycles. The van der Waals surface area contributed by atoms with E-state index in [1.54, 1.807) is 0 Å². The average Bonchev–Trinajstić information content (AvgIpc) is 3.27. The molecule has 2 aliphatic rings. The first-order chi connectivity index (χ1) is 18.1. The Balaban J connectivity index is 1.70. The van der Waals surface area contributed by atoms with Crippen molar-refractivity contribution in [2.75, 3.05) is 6.54 Å². The lowest BCUT2D eigenvalue weighted by Gasteiger charge is -2.32. The van der Waals surface area contributed by atoms with Gasteiger partial charge in [0.25, 0.3) is 0 Å². The number of amides is 3. The Morgan fingerprint density at radius 1 is 1.11 bits per heavy atom. The molecule has 3 unspecified atom stereocenters. The third-order valence-corrected chi connectivity index (χ3v) is 7.72. The van der Waals surface area contributed by atoms with Crippen LogP contribution in [0.1, 0.15) is 77.7 Å². The molecular weight excluding hydrogens is 486 g/mol. The number of aliphatic carboxylic acids is 1. The molecule has 0 bridgehead atoms. The zero-order valence-corrected chi connectivity index (χ0v) is 22.8. The molecule has 38 heavy (non-hydrogen) atoms. The lowest BCUT2D eigenvalue weighted by atomic mass is 9.83. The molecule has 4 N–H and O–H groups in total. The summed E-state index contributed by atoms with van der Waals surface area (Å²) in [6.45, 7) is 5.74. The Morgan fingerprint density at radius 3 is 2.37 bits per heavy atom. The summed E-state index contributed by atoms with van der Waals surface area (Å²) in [6, 6.07) is 8.94. The van der Waals surface area contributed by atoms with Gasteiger partial charge in [-0.2, -0.15) is 0 Å². The number of nitrogens with one attached hydrogen (secondary N) is 3. The second kappa shape index (κ2) is 13.6. The quantitative estimate of drug-likeness (QED) is 0.325. The van der Waals surface area contributed by atoms with Crippen molar-refractivity contribution in [3.8, 4) is 0 Å². The molecule has 0 aromatic heterocycles. The predicted octanol–water partition coefficient (Wildman–Crippen LogP) is 3.80. The SMILES string of the molecule is CC(C)C[C@H](NC(=O)OC(Cc1ccccc1)C1CCCCC1)C(=O)NC(C)(CC1CCNC1=O)C(=O)O. The summed E-state index contributed by atoms with van der Waals surface area (Å²) in [5.74, 6) is -2.22. The first kappa shape index (κ1) is 29.5. The van der Waals surface area contributed by atoms with Gasteiger partial charge in [-0.15, -0.1) is 0 Å². The molecule has 1 aliphatic heterocycles. The molecule has 0 radical (unpaired) electrons. The summed E-state index contributed by atoms with van der Waals surface area (Å²) < 4.78 is 5.96. The highest BCUT2D eigenvalue weighted by atomic mass is 16.6. The lowest BCUT2D eigenvalue weighted by Crippen LogP contribution is -2.59. The fraction of sp³-hybridized carbons (Fsp3) is 0.655.